The number of nitrogens with zero attached hydrogens (tertiary/aromatic N) is 1. The monoisotopic (exact) mass is 278 g/mol. The van der Waals surface area contributed by atoms with Gasteiger partial charge in [0.2, 0.25) is 0 Å². The third-order valence-electron chi connectivity index (χ3n) is 4.11. The summed E-state index contributed by atoms with van der Waals surface area (Å²) in [5.41, 5.74) is 1.08. The molecule has 4 heteroatoms. The third-order valence-corrected chi connectivity index (χ3v) is 4.11. The molecule has 1 N–H and O–H groups in total. The smallest absolute Gasteiger partial charge is 0.137 e. The first-order valence-corrected chi connectivity index (χ1v) is 7.62. The second-order valence-corrected chi connectivity index (χ2v) is 5.40. The van der Waals surface area contributed by atoms with Crippen LogP contribution >= 0.6 is 0 Å². The molecule has 0 amide bonds. The van der Waals surface area contributed by atoms with Crippen LogP contribution in [-0.4, -0.2) is 30.8 Å². The minimum absolute atomic E-state index is 0.0817. The molecule has 1 fully saturated rings. The Hall–Kier alpha value is -1.13. The van der Waals surface area contributed by atoms with Crippen LogP contribution in [0.3, 0.4) is 0 Å². The molecule has 1 heterocycles. The van der Waals surface area contributed by atoms with Gasteiger partial charge in [-0.05, 0) is 50.8 Å². The average Bonchev–Trinajstić information content (AvgIpc) is 2.42. The maximum atomic E-state index is 5.86. The van der Waals surface area contributed by atoms with Gasteiger partial charge < -0.3 is 14.8 Å². The van der Waals surface area contributed by atoms with Crippen LogP contribution in [0.5, 0.6) is 5.75 Å². The highest BCUT2D eigenvalue weighted by molar-refractivity contribution is 5.29. The van der Waals surface area contributed by atoms with E-state index in [0.29, 0.717) is 6.61 Å². The van der Waals surface area contributed by atoms with E-state index in [0.717, 1.165) is 37.1 Å². The fourth-order valence-electron chi connectivity index (χ4n) is 2.87. The van der Waals surface area contributed by atoms with E-state index in [4.69, 9.17) is 9.47 Å². The largest absolute Gasteiger partial charge is 0.492 e. The predicted octanol–water partition coefficient (Wildman–Crippen LogP) is 3.09. The van der Waals surface area contributed by atoms with Crippen LogP contribution in [0.15, 0.2) is 18.5 Å². The Bertz CT molecular complexity index is 413. The third kappa shape index (κ3) is 3.13. The first-order chi connectivity index (χ1) is 9.75. The molecule has 1 aromatic heterocycles. The summed E-state index contributed by atoms with van der Waals surface area (Å²) in [5.74, 6) is 0.832. The number of methoxy groups -OCH3 is 1. The second kappa shape index (κ2) is 7.04. The summed E-state index contributed by atoms with van der Waals surface area (Å²) in [7, 11) is 1.82. The first-order valence-electron chi connectivity index (χ1n) is 7.62. The Balaban J connectivity index is 2.23. The maximum Gasteiger partial charge on any atom is 0.137 e. The van der Waals surface area contributed by atoms with Gasteiger partial charge in [-0.1, -0.05) is 6.92 Å². The van der Waals surface area contributed by atoms with Crippen LogP contribution in [0.1, 0.15) is 51.1 Å². The molecule has 0 saturated heterocycles. The average molecular weight is 278 g/mol. The van der Waals surface area contributed by atoms with E-state index in [1.54, 1.807) is 6.20 Å². The van der Waals surface area contributed by atoms with Crippen molar-refractivity contribution in [2.45, 2.75) is 51.2 Å². The molecule has 0 aromatic carbocycles. The van der Waals surface area contributed by atoms with Gasteiger partial charge in [0.05, 0.1) is 24.4 Å². The Morgan fingerprint density at radius 1 is 1.35 bits per heavy atom. The Labute approximate surface area is 121 Å². The highest BCUT2D eigenvalue weighted by Crippen LogP contribution is 2.45. The van der Waals surface area contributed by atoms with Crippen molar-refractivity contribution in [3.05, 3.63) is 24.0 Å². The highest BCUT2D eigenvalue weighted by atomic mass is 16.5. The van der Waals surface area contributed by atoms with E-state index in [1.807, 2.05) is 20.2 Å². The molecule has 1 atom stereocenters. The van der Waals surface area contributed by atoms with E-state index in [9.17, 15) is 0 Å². The van der Waals surface area contributed by atoms with Gasteiger partial charge in [0, 0.05) is 13.3 Å². The lowest BCUT2D eigenvalue weighted by Crippen LogP contribution is -2.50. The van der Waals surface area contributed by atoms with Gasteiger partial charge in [-0.3, -0.25) is 4.98 Å². The minimum atomic E-state index is -0.0817. The SMILES string of the molecule is CCCNC(c1cncc(OCC)c1)C1(OC)CCC1. The lowest BCUT2D eigenvalue weighted by molar-refractivity contribution is -0.0998. The molecule has 2 rings (SSSR count). The predicted molar refractivity (Wildman–Crippen MR) is 80.0 cm³/mol. The van der Waals surface area contributed by atoms with Crippen molar-refractivity contribution in [1.29, 1.82) is 0 Å². The normalized spacial score (nSPS) is 18.4. The summed E-state index contributed by atoms with van der Waals surface area (Å²) in [6, 6.07) is 2.28. The number of aromatic nitrogens is 1. The van der Waals surface area contributed by atoms with Crippen LogP contribution in [0, 0.1) is 0 Å². The second-order valence-electron chi connectivity index (χ2n) is 5.40. The summed E-state index contributed by atoms with van der Waals surface area (Å²) < 4.78 is 11.4. The molecule has 1 aromatic rings. The first kappa shape index (κ1) is 15.3. The number of rotatable bonds is 8. The Morgan fingerprint density at radius 2 is 2.15 bits per heavy atom. The number of pyridine rings is 1. The van der Waals surface area contributed by atoms with E-state index in [-0.39, 0.29) is 11.6 Å². The van der Waals surface area contributed by atoms with E-state index >= 15 is 0 Å². The standard InChI is InChI=1S/C16H26N2O2/c1-4-9-18-15(16(19-3)7-6-8-16)13-10-14(20-5-2)12-17-11-13/h10-12,15,18H,4-9H2,1-3H3. The molecule has 0 radical (unpaired) electrons. The van der Waals surface area contributed by atoms with E-state index < -0.39 is 0 Å². The zero-order valence-corrected chi connectivity index (χ0v) is 12.8. The van der Waals surface area contributed by atoms with Crippen LogP contribution in [0.4, 0.5) is 0 Å². The van der Waals surface area contributed by atoms with Gasteiger partial charge in [-0.2, -0.15) is 0 Å². The van der Waals surface area contributed by atoms with E-state index in [1.165, 1.54) is 6.42 Å². The molecule has 1 aliphatic rings. The van der Waals surface area contributed by atoms with Gasteiger partial charge in [0.1, 0.15) is 5.75 Å². The highest BCUT2D eigenvalue weighted by Gasteiger charge is 2.45. The van der Waals surface area contributed by atoms with Crippen LogP contribution in [0.2, 0.25) is 0 Å². The van der Waals surface area contributed by atoms with E-state index in [2.05, 4.69) is 23.3 Å². The molecule has 1 unspecified atom stereocenters. The molecule has 20 heavy (non-hydrogen) atoms. The summed E-state index contributed by atoms with van der Waals surface area (Å²) >= 11 is 0. The van der Waals surface area contributed by atoms with Gasteiger partial charge in [0.25, 0.3) is 0 Å². The number of nitrogens with one attached hydrogen (secondary N) is 1. The molecule has 0 spiro atoms. The van der Waals surface area contributed by atoms with Crippen LogP contribution < -0.4 is 10.1 Å². The van der Waals surface area contributed by atoms with Crippen molar-refractivity contribution < 1.29 is 9.47 Å². The van der Waals surface area contributed by atoms with Crippen molar-refractivity contribution >= 4 is 0 Å². The van der Waals surface area contributed by atoms with Crippen LogP contribution in [-0.2, 0) is 4.74 Å². The van der Waals surface area contributed by atoms with Crippen molar-refractivity contribution in [2.24, 2.45) is 0 Å². The minimum Gasteiger partial charge on any atom is -0.492 e. The molecular weight excluding hydrogens is 252 g/mol. The topological polar surface area (TPSA) is 43.4 Å². The van der Waals surface area contributed by atoms with Gasteiger partial charge in [-0.25, -0.2) is 0 Å². The molecule has 1 saturated carbocycles. The van der Waals surface area contributed by atoms with Gasteiger partial charge in [-0.15, -0.1) is 0 Å². The summed E-state index contributed by atoms with van der Waals surface area (Å²) in [6.07, 6.45) is 8.23. The fourth-order valence-corrected chi connectivity index (χ4v) is 2.87. The maximum absolute atomic E-state index is 5.86. The molecule has 4 nitrogen and oxygen atoms in total. The van der Waals surface area contributed by atoms with Crippen molar-refractivity contribution in [1.82, 2.24) is 10.3 Å². The Kier molecular flexibility index (Phi) is 5.38. The summed E-state index contributed by atoms with van der Waals surface area (Å²) in [4.78, 5) is 4.32. The van der Waals surface area contributed by atoms with Gasteiger partial charge >= 0.3 is 0 Å². The molecule has 0 aliphatic heterocycles. The number of hydrogen-bond donors (Lipinski definition) is 1. The number of ether oxygens (including phenoxy) is 2. The number of hydrogen-bond acceptors (Lipinski definition) is 4. The zero-order chi connectivity index (χ0) is 14.4. The quantitative estimate of drug-likeness (QED) is 0.793. The van der Waals surface area contributed by atoms with Gasteiger partial charge in [0.15, 0.2) is 0 Å². The van der Waals surface area contributed by atoms with Crippen LogP contribution in [0.25, 0.3) is 0 Å². The fraction of sp³-hybridized carbons (Fsp3) is 0.688. The lowest BCUT2D eigenvalue weighted by atomic mass is 9.72. The van der Waals surface area contributed by atoms with Crippen molar-refractivity contribution in [2.75, 3.05) is 20.3 Å². The van der Waals surface area contributed by atoms with Crippen molar-refractivity contribution in [3.63, 3.8) is 0 Å². The molecular formula is C16H26N2O2. The molecule has 1 aliphatic carbocycles. The summed E-state index contributed by atoms with van der Waals surface area (Å²) in [5, 5.41) is 3.63. The molecule has 112 valence electrons. The zero-order valence-electron chi connectivity index (χ0n) is 12.8. The summed E-state index contributed by atoms with van der Waals surface area (Å²) in [6.45, 7) is 5.81. The Morgan fingerprint density at radius 3 is 2.70 bits per heavy atom. The molecule has 0 bridgehead atoms. The lowest BCUT2D eigenvalue weighted by Gasteiger charge is -2.47. The van der Waals surface area contributed by atoms with Crippen molar-refractivity contribution in [3.8, 4) is 5.75 Å².